The minimum absolute atomic E-state index is 0.0904. The van der Waals surface area contributed by atoms with E-state index in [4.69, 9.17) is 10.3 Å². The minimum Gasteiger partial charge on any atom is -0.390 e. The van der Waals surface area contributed by atoms with Crippen molar-refractivity contribution in [1.29, 1.82) is 0 Å². The molecule has 0 radical (unpaired) electrons. The number of rotatable bonds is 3. The predicted molar refractivity (Wildman–Crippen MR) is 102 cm³/mol. The van der Waals surface area contributed by atoms with Crippen LogP contribution in [0, 0.1) is 18.8 Å². The van der Waals surface area contributed by atoms with Crippen LogP contribution in [-0.2, 0) is 12.2 Å². The Morgan fingerprint density at radius 3 is 2.79 bits per heavy atom. The van der Waals surface area contributed by atoms with Crippen LogP contribution in [0.5, 0.6) is 0 Å². The Morgan fingerprint density at radius 1 is 1.28 bits per heavy atom. The molecule has 0 aliphatic heterocycles. The normalized spacial score (nSPS) is 13.1. The maximum atomic E-state index is 10.5. The van der Waals surface area contributed by atoms with Crippen LogP contribution in [0.2, 0.25) is 0 Å². The predicted octanol–water partition coefficient (Wildman–Crippen LogP) is 0.841. The van der Waals surface area contributed by atoms with Crippen molar-refractivity contribution in [3.63, 3.8) is 0 Å². The van der Waals surface area contributed by atoms with Gasteiger partial charge in [0.1, 0.15) is 0 Å². The molecule has 0 saturated carbocycles. The van der Waals surface area contributed by atoms with E-state index in [2.05, 4.69) is 37.0 Å². The zero-order valence-corrected chi connectivity index (χ0v) is 15.7. The van der Waals surface area contributed by atoms with Crippen molar-refractivity contribution in [2.24, 2.45) is 0 Å². The summed E-state index contributed by atoms with van der Waals surface area (Å²) in [4.78, 5) is 12.1. The molecular formula is C19H17N7O3. The molecule has 0 unspecified atom stereocenters. The number of hydrogen-bond acceptors (Lipinski definition) is 9. The van der Waals surface area contributed by atoms with Gasteiger partial charge in [-0.15, -0.1) is 0 Å². The van der Waals surface area contributed by atoms with Gasteiger partial charge in [-0.05, 0) is 25.1 Å². The van der Waals surface area contributed by atoms with Crippen LogP contribution in [0.3, 0.4) is 0 Å². The molecule has 4 N–H and O–H groups in total. The molecule has 3 aromatic heterocycles. The number of hydrogen-bond donors (Lipinski definition) is 3. The molecule has 146 valence electrons. The number of aryl methyl sites for hydroxylation is 1. The number of aliphatic hydroxyl groups is 2. The quantitative estimate of drug-likeness (QED) is 0.432. The molecule has 1 aromatic carbocycles. The lowest BCUT2D eigenvalue weighted by atomic mass is 10.1. The lowest BCUT2D eigenvalue weighted by Crippen LogP contribution is -2.20. The molecule has 0 bridgehead atoms. The Kier molecular flexibility index (Phi) is 4.46. The van der Waals surface area contributed by atoms with Crippen LogP contribution in [0.4, 0.5) is 5.95 Å². The molecule has 0 aliphatic rings. The second-order valence-electron chi connectivity index (χ2n) is 6.48. The van der Waals surface area contributed by atoms with Crippen LogP contribution in [-0.4, -0.2) is 40.1 Å². The number of aliphatic hydroxyl groups excluding tert-OH is 1. The van der Waals surface area contributed by atoms with Gasteiger partial charge >= 0.3 is 0 Å². The monoisotopic (exact) mass is 391 g/mol. The Morgan fingerprint density at radius 2 is 2.10 bits per heavy atom. The molecule has 0 spiro atoms. The first-order valence-corrected chi connectivity index (χ1v) is 8.65. The summed E-state index contributed by atoms with van der Waals surface area (Å²) >= 11 is 0. The molecule has 10 nitrogen and oxygen atoms in total. The summed E-state index contributed by atoms with van der Waals surface area (Å²) in [5, 5.41) is 29.1. The van der Waals surface area contributed by atoms with Gasteiger partial charge < -0.3 is 20.5 Å². The van der Waals surface area contributed by atoms with Crippen LogP contribution in [0.15, 0.2) is 35.0 Å². The number of aromatic nitrogens is 6. The molecule has 10 heteroatoms. The second-order valence-corrected chi connectivity index (χ2v) is 6.48. The first-order chi connectivity index (χ1) is 13.9. The van der Waals surface area contributed by atoms with E-state index in [9.17, 15) is 10.2 Å². The van der Waals surface area contributed by atoms with Crippen LogP contribution < -0.4 is 5.73 Å². The smallest absolute Gasteiger partial charge is 0.223 e. The first-order valence-electron chi connectivity index (χ1n) is 8.65. The highest BCUT2D eigenvalue weighted by molar-refractivity contribution is 5.84. The van der Waals surface area contributed by atoms with Crippen molar-refractivity contribution < 1.29 is 14.7 Å². The van der Waals surface area contributed by atoms with Crippen LogP contribution in [0.1, 0.15) is 29.9 Å². The molecule has 0 amide bonds. The Labute approximate surface area is 165 Å². The summed E-state index contributed by atoms with van der Waals surface area (Å²) in [5.41, 5.74) is 5.88. The molecule has 1 atom stereocenters. The Balaban J connectivity index is 1.79. The Hall–Kier alpha value is -3.81. The highest BCUT2D eigenvalue weighted by atomic mass is 16.5. The van der Waals surface area contributed by atoms with Gasteiger partial charge in [-0.2, -0.15) is 15.1 Å². The van der Waals surface area contributed by atoms with Gasteiger partial charge in [-0.25, -0.2) is 9.67 Å². The van der Waals surface area contributed by atoms with Crippen molar-refractivity contribution in [2.45, 2.75) is 26.1 Å². The highest BCUT2D eigenvalue weighted by Gasteiger charge is 2.26. The molecule has 4 rings (SSSR count). The summed E-state index contributed by atoms with van der Waals surface area (Å²) in [5.74, 6) is 6.68. The fraction of sp³-hybridized carbons (Fsp3) is 0.211. The number of benzene rings is 1. The third-order valence-electron chi connectivity index (χ3n) is 4.20. The van der Waals surface area contributed by atoms with Crippen molar-refractivity contribution in [3.8, 4) is 17.7 Å². The lowest BCUT2D eigenvalue weighted by Gasteiger charge is -2.10. The van der Waals surface area contributed by atoms with E-state index >= 15 is 0 Å². The number of fused-ring (bicyclic) bond motifs is 1. The van der Waals surface area contributed by atoms with E-state index < -0.39 is 5.60 Å². The summed E-state index contributed by atoms with van der Waals surface area (Å²) < 4.78 is 6.46. The second kappa shape index (κ2) is 6.97. The zero-order valence-electron chi connectivity index (χ0n) is 15.7. The van der Waals surface area contributed by atoms with E-state index in [0.29, 0.717) is 28.5 Å². The third kappa shape index (κ3) is 3.52. The van der Waals surface area contributed by atoms with Crippen molar-refractivity contribution >= 4 is 16.9 Å². The van der Waals surface area contributed by atoms with Gasteiger partial charge in [0, 0.05) is 30.1 Å². The largest absolute Gasteiger partial charge is 0.390 e. The topological polar surface area (TPSA) is 149 Å². The SMILES string of the molecule is Cc1nc([C@](C)(O)C#Cc2ccc3c(CO)nn(-c4ccnc(N)n4)c3c2)no1. The summed E-state index contributed by atoms with van der Waals surface area (Å²) in [6, 6.07) is 7.01. The molecular weight excluding hydrogens is 374 g/mol. The maximum Gasteiger partial charge on any atom is 0.223 e. The van der Waals surface area contributed by atoms with Gasteiger partial charge in [-0.1, -0.05) is 17.0 Å². The van der Waals surface area contributed by atoms with Crippen molar-refractivity contribution in [1.82, 2.24) is 29.9 Å². The van der Waals surface area contributed by atoms with Gasteiger partial charge in [0.2, 0.25) is 17.7 Å². The Bertz CT molecular complexity index is 1260. The standard InChI is InChI=1S/C19H17N7O3/c1-11-22-17(25-29-11)19(2,28)7-5-12-3-4-13-14(10-27)24-26(15(13)9-12)16-6-8-21-18(20)23-16/h3-4,6,8-9,27-28H,10H2,1-2H3,(H2,20,21,23)/t19-/m1/s1. The van der Waals surface area contributed by atoms with E-state index in [0.717, 1.165) is 5.39 Å². The number of nitrogen functional groups attached to an aromatic ring is 1. The molecule has 0 aliphatic carbocycles. The van der Waals surface area contributed by atoms with Crippen molar-refractivity contribution in [2.75, 3.05) is 5.73 Å². The summed E-state index contributed by atoms with van der Waals surface area (Å²) in [7, 11) is 0. The van der Waals surface area contributed by atoms with E-state index in [1.165, 1.54) is 13.1 Å². The first kappa shape index (κ1) is 18.5. The van der Waals surface area contributed by atoms with Crippen LogP contribution in [0.25, 0.3) is 16.7 Å². The van der Waals surface area contributed by atoms with E-state index in [1.54, 1.807) is 35.9 Å². The summed E-state index contributed by atoms with van der Waals surface area (Å²) in [6.07, 6.45) is 1.53. The molecule has 3 heterocycles. The lowest BCUT2D eigenvalue weighted by molar-refractivity contribution is 0.108. The average molecular weight is 391 g/mol. The number of nitrogens with zero attached hydrogens (tertiary/aromatic N) is 6. The zero-order chi connectivity index (χ0) is 20.6. The van der Waals surface area contributed by atoms with Gasteiger partial charge in [0.05, 0.1) is 17.8 Å². The van der Waals surface area contributed by atoms with E-state index in [-0.39, 0.29) is 18.4 Å². The maximum absolute atomic E-state index is 10.5. The van der Waals surface area contributed by atoms with Crippen molar-refractivity contribution in [3.05, 3.63) is 53.4 Å². The van der Waals surface area contributed by atoms with Gasteiger partial charge in [0.15, 0.2) is 11.4 Å². The fourth-order valence-corrected chi connectivity index (χ4v) is 2.78. The summed E-state index contributed by atoms with van der Waals surface area (Å²) in [6.45, 7) is 2.88. The highest BCUT2D eigenvalue weighted by Crippen LogP contribution is 2.23. The fourth-order valence-electron chi connectivity index (χ4n) is 2.78. The third-order valence-corrected chi connectivity index (χ3v) is 4.20. The number of nitrogens with two attached hydrogens (primary N) is 1. The minimum atomic E-state index is -1.58. The molecule has 0 saturated heterocycles. The number of anilines is 1. The van der Waals surface area contributed by atoms with E-state index in [1.807, 2.05) is 0 Å². The van der Waals surface area contributed by atoms with Crippen LogP contribution >= 0.6 is 0 Å². The average Bonchev–Trinajstić information content (AvgIpc) is 3.30. The molecule has 29 heavy (non-hydrogen) atoms. The van der Waals surface area contributed by atoms with Gasteiger partial charge in [0.25, 0.3) is 0 Å². The van der Waals surface area contributed by atoms with Gasteiger partial charge in [-0.3, -0.25) is 0 Å². The molecule has 0 fully saturated rings. The molecule has 4 aromatic rings.